The molecule has 0 heterocycles. The van der Waals surface area contributed by atoms with Crippen LogP contribution in [0, 0.1) is 22.9 Å². The van der Waals surface area contributed by atoms with Crippen molar-refractivity contribution in [2.75, 3.05) is 0 Å². The van der Waals surface area contributed by atoms with E-state index >= 15 is 0 Å². The van der Waals surface area contributed by atoms with Crippen LogP contribution in [0.5, 0.6) is 5.75 Å². The van der Waals surface area contributed by atoms with E-state index in [0.717, 1.165) is 11.1 Å². The fourth-order valence-electron chi connectivity index (χ4n) is 1.89. The summed E-state index contributed by atoms with van der Waals surface area (Å²) >= 11 is 5.67. The molecule has 0 atom stereocenters. The van der Waals surface area contributed by atoms with Gasteiger partial charge >= 0.3 is 5.69 Å². The van der Waals surface area contributed by atoms with Gasteiger partial charge in [0.2, 0.25) is 0 Å². The first-order valence-corrected chi connectivity index (χ1v) is 6.76. The molecule has 0 radical (unpaired) electrons. The molecular formula is C15H13ClFNO3. The number of rotatable bonds is 5. The molecule has 0 N–H and O–H groups in total. The van der Waals surface area contributed by atoms with E-state index < -0.39 is 4.92 Å². The quantitative estimate of drug-likeness (QED) is 0.468. The summed E-state index contributed by atoms with van der Waals surface area (Å²) in [5.74, 6) is 0.0318. The Balaban J connectivity index is 2.21. The van der Waals surface area contributed by atoms with Crippen LogP contribution >= 0.6 is 11.6 Å². The van der Waals surface area contributed by atoms with E-state index in [1.807, 2.05) is 0 Å². The largest absolute Gasteiger partial charge is 0.482 e. The molecule has 0 saturated heterocycles. The lowest BCUT2D eigenvalue weighted by atomic mass is 10.1. The molecule has 0 bridgehead atoms. The van der Waals surface area contributed by atoms with Gasteiger partial charge in [-0.25, -0.2) is 4.39 Å². The smallest absolute Gasteiger partial charge is 0.311 e. The SMILES string of the molecule is Cc1cc(F)ccc1COc1ccc(CCl)cc1[N+](=O)[O-]. The number of aryl methyl sites for hydroxylation is 1. The zero-order valence-corrected chi connectivity index (χ0v) is 12.1. The first kappa shape index (κ1) is 15.3. The molecule has 2 aromatic rings. The van der Waals surface area contributed by atoms with Gasteiger partial charge in [-0.05, 0) is 41.8 Å². The van der Waals surface area contributed by atoms with Crippen molar-refractivity contribution >= 4 is 17.3 Å². The van der Waals surface area contributed by atoms with E-state index in [-0.39, 0.29) is 29.7 Å². The predicted molar refractivity (Wildman–Crippen MR) is 78.1 cm³/mol. The second-order valence-electron chi connectivity index (χ2n) is 4.55. The molecule has 0 unspecified atom stereocenters. The van der Waals surface area contributed by atoms with E-state index in [1.54, 1.807) is 19.1 Å². The summed E-state index contributed by atoms with van der Waals surface area (Å²) in [6, 6.07) is 8.91. The lowest BCUT2D eigenvalue weighted by Gasteiger charge is -2.09. The van der Waals surface area contributed by atoms with Gasteiger partial charge in [-0.1, -0.05) is 12.1 Å². The normalized spacial score (nSPS) is 10.4. The maximum absolute atomic E-state index is 13.0. The van der Waals surface area contributed by atoms with Crippen LogP contribution in [0.25, 0.3) is 0 Å². The zero-order valence-electron chi connectivity index (χ0n) is 11.3. The van der Waals surface area contributed by atoms with E-state index in [1.165, 1.54) is 24.3 Å². The number of hydrogen-bond donors (Lipinski definition) is 0. The molecule has 0 aliphatic rings. The molecule has 0 fully saturated rings. The highest BCUT2D eigenvalue weighted by atomic mass is 35.5. The Kier molecular flexibility index (Phi) is 4.75. The predicted octanol–water partition coefficient (Wildman–Crippen LogP) is 4.36. The van der Waals surface area contributed by atoms with Gasteiger partial charge in [0, 0.05) is 11.9 Å². The van der Waals surface area contributed by atoms with Crippen molar-refractivity contribution in [2.45, 2.75) is 19.4 Å². The molecule has 6 heteroatoms. The van der Waals surface area contributed by atoms with E-state index in [9.17, 15) is 14.5 Å². The van der Waals surface area contributed by atoms with Crippen LogP contribution in [0.2, 0.25) is 0 Å². The van der Waals surface area contributed by atoms with Crippen LogP contribution < -0.4 is 4.74 Å². The number of nitro benzene ring substituents is 1. The van der Waals surface area contributed by atoms with Crippen molar-refractivity contribution in [1.82, 2.24) is 0 Å². The lowest BCUT2D eigenvalue weighted by Crippen LogP contribution is -2.01. The average Bonchev–Trinajstić information content (AvgIpc) is 2.46. The van der Waals surface area contributed by atoms with Gasteiger partial charge in [0.05, 0.1) is 4.92 Å². The highest BCUT2D eigenvalue weighted by Gasteiger charge is 2.16. The van der Waals surface area contributed by atoms with Crippen molar-refractivity contribution < 1.29 is 14.1 Å². The third-order valence-electron chi connectivity index (χ3n) is 3.06. The molecule has 2 rings (SSSR count). The monoisotopic (exact) mass is 309 g/mol. The third kappa shape index (κ3) is 3.70. The summed E-state index contributed by atoms with van der Waals surface area (Å²) in [4.78, 5) is 10.5. The molecule has 0 saturated carbocycles. The number of halogens is 2. The topological polar surface area (TPSA) is 52.4 Å². The third-order valence-corrected chi connectivity index (χ3v) is 3.37. The Hall–Kier alpha value is -2.14. The fraction of sp³-hybridized carbons (Fsp3) is 0.200. The molecule has 0 spiro atoms. The van der Waals surface area contributed by atoms with Crippen molar-refractivity contribution in [1.29, 1.82) is 0 Å². The van der Waals surface area contributed by atoms with E-state index in [4.69, 9.17) is 16.3 Å². The molecule has 2 aromatic carbocycles. The Morgan fingerprint density at radius 1 is 1.29 bits per heavy atom. The Bertz CT molecular complexity index is 676. The molecule has 4 nitrogen and oxygen atoms in total. The Morgan fingerprint density at radius 3 is 2.67 bits per heavy atom. The average molecular weight is 310 g/mol. The minimum atomic E-state index is -0.511. The summed E-state index contributed by atoms with van der Waals surface area (Å²) in [6.07, 6.45) is 0. The van der Waals surface area contributed by atoms with Gasteiger partial charge in [-0.2, -0.15) is 0 Å². The Labute approximate surface area is 126 Å². The second-order valence-corrected chi connectivity index (χ2v) is 4.82. The van der Waals surface area contributed by atoms with Gasteiger partial charge in [0.25, 0.3) is 0 Å². The van der Waals surface area contributed by atoms with Crippen molar-refractivity contribution in [3.8, 4) is 5.75 Å². The van der Waals surface area contributed by atoms with Crippen LogP contribution in [-0.2, 0) is 12.5 Å². The summed E-state index contributed by atoms with van der Waals surface area (Å²) in [6.45, 7) is 1.89. The first-order valence-electron chi connectivity index (χ1n) is 6.22. The molecular weight excluding hydrogens is 297 g/mol. The summed E-state index contributed by atoms with van der Waals surface area (Å²) in [7, 11) is 0. The minimum Gasteiger partial charge on any atom is -0.482 e. The number of nitro groups is 1. The summed E-state index contributed by atoms with van der Waals surface area (Å²) < 4.78 is 18.5. The van der Waals surface area contributed by atoms with Gasteiger partial charge in [-0.15, -0.1) is 11.6 Å². The lowest BCUT2D eigenvalue weighted by molar-refractivity contribution is -0.386. The first-order chi connectivity index (χ1) is 10.0. The van der Waals surface area contributed by atoms with Gasteiger partial charge in [-0.3, -0.25) is 10.1 Å². The van der Waals surface area contributed by atoms with E-state index in [0.29, 0.717) is 5.56 Å². The zero-order chi connectivity index (χ0) is 15.4. The summed E-state index contributed by atoms with van der Waals surface area (Å²) in [5.41, 5.74) is 2.02. The second kappa shape index (κ2) is 6.54. The van der Waals surface area contributed by atoms with Crippen molar-refractivity contribution in [3.05, 3.63) is 69.0 Å². The highest BCUT2D eigenvalue weighted by Crippen LogP contribution is 2.29. The minimum absolute atomic E-state index is 0.132. The van der Waals surface area contributed by atoms with Gasteiger partial charge < -0.3 is 4.74 Å². The van der Waals surface area contributed by atoms with Crippen LogP contribution in [0.3, 0.4) is 0 Å². The molecule has 0 aromatic heterocycles. The number of benzene rings is 2. The molecule has 0 aliphatic carbocycles. The van der Waals surface area contributed by atoms with E-state index in [2.05, 4.69) is 0 Å². The molecule has 110 valence electrons. The maximum atomic E-state index is 13.0. The number of nitrogens with zero attached hydrogens (tertiary/aromatic N) is 1. The van der Waals surface area contributed by atoms with Gasteiger partial charge in [0.1, 0.15) is 12.4 Å². The van der Waals surface area contributed by atoms with Crippen LogP contribution in [0.15, 0.2) is 36.4 Å². The molecule has 21 heavy (non-hydrogen) atoms. The maximum Gasteiger partial charge on any atom is 0.311 e. The summed E-state index contributed by atoms with van der Waals surface area (Å²) in [5, 5.41) is 11.0. The van der Waals surface area contributed by atoms with Crippen LogP contribution in [0.1, 0.15) is 16.7 Å². The highest BCUT2D eigenvalue weighted by molar-refractivity contribution is 6.17. The number of hydrogen-bond acceptors (Lipinski definition) is 3. The van der Waals surface area contributed by atoms with Crippen molar-refractivity contribution in [2.24, 2.45) is 0 Å². The number of ether oxygens (including phenoxy) is 1. The van der Waals surface area contributed by atoms with Gasteiger partial charge in [0.15, 0.2) is 5.75 Å². The fourth-order valence-corrected chi connectivity index (χ4v) is 2.05. The Morgan fingerprint density at radius 2 is 2.05 bits per heavy atom. The standard InChI is InChI=1S/C15H13ClFNO3/c1-10-6-13(17)4-3-12(10)9-21-15-5-2-11(8-16)7-14(15)18(19)20/h2-7H,8-9H2,1H3. The molecule has 0 amide bonds. The molecule has 0 aliphatic heterocycles. The van der Waals surface area contributed by atoms with Crippen LogP contribution in [0.4, 0.5) is 10.1 Å². The van der Waals surface area contributed by atoms with Crippen LogP contribution in [-0.4, -0.2) is 4.92 Å². The van der Waals surface area contributed by atoms with Crippen molar-refractivity contribution in [3.63, 3.8) is 0 Å². The number of alkyl halides is 1.